The van der Waals surface area contributed by atoms with Crippen LogP contribution in [0, 0.1) is 5.92 Å². The molecule has 7 heteroatoms. The molecular formula is C21H28N2O5. The van der Waals surface area contributed by atoms with Crippen molar-refractivity contribution in [1.29, 1.82) is 0 Å². The number of esters is 1. The standard InChI is InChI=1S/C21H28N2O5/c24-19(14-27-17-9-2-1-3-10-17)22-13-21(26)28-15-20(25)23-12-6-8-16-7-4-5-11-18(16)23/h1-3,9-10,16,18H,4-8,11-15H2,(H,22,24)/t16-,18+/m1/s1. The van der Waals surface area contributed by atoms with Gasteiger partial charge in [0.15, 0.2) is 13.2 Å². The number of benzene rings is 1. The van der Waals surface area contributed by atoms with Gasteiger partial charge >= 0.3 is 5.97 Å². The average molecular weight is 388 g/mol. The summed E-state index contributed by atoms with van der Waals surface area (Å²) in [5.41, 5.74) is 0. The molecule has 1 N–H and O–H groups in total. The van der Waals surface area contributed by atoms with Gasteiger partial charge in [0, 0.05) is 12.6 Å². The number of likely N-dealkylation sites (tertiary alicyclic amines) is 1. The van der Waals surface area contributed by atoms with Gasteiger partial charge in [-0.1, -0.05) is 31.0 Å². The topological polar surface area (TPSA) is 84.9 Å². The van der Waals surface area contributed by atoms with Crippen molar-refractivity contribution < 1.29 is 23.9 Å². The van der Waals surface area contributed by atoms with E-state index in [1.165, 1.54) is 19.3 Å². The number of amides is 2. The molecule has 28 heavy (non-hydrogen) atoms. The maximum Gasteiger partial charge on any atom is 0.325 e. The fourth-order valence-electron chi connectivity index (χ4n) is 4.10. The maximum atomic E-state index is 12.5. The molecule has 0 unspecified atom stereocenters. The lowest BCUT2D eigenvalue weighted by atomic mass is 9.78. The molecule has 0 bridgehead atoms. The molecule has 0 radical (unpaired) electrons. The largest absolute Gasteiger partial charge is 0.484 e. The molecule has 1 saturated carbocycles. The van der Waals surface area contributed by atoms with Gasteiger partial charge in [0.25, 0.3) is 11.8 Å². The minimum absolute atomic E-state index is 0.135. The molecule has 3 rings (SSSR count). The van der Waals surface area contributed by atoms with Crippen LogP contribution < -0.4 is 10.1 Å². The SMILES string of the molecule is O=C(COc1ccccc1)NCC(=O)OCC(=O)N1CCC[C@H]2CCCC[C@@H]21. The Hall–Kier alpha value is -2.57. The highest BCUT2D eigenvalue weighted by atomic mass is 16.5. The Labute approximate surface area is 165 Å². The molecular weight excluding hydrogens is 360 g/mol. The molecule has 1 saturated heterocycles. The first-order valence-corrected chi connectivity index (χ1v) is 10.0. The van der Waals surface area contributed by atoms with Crippen LogP contribution in [0.1, 0.15) is 38.5 Å². The summed E-state index contributed by atoms with van der Waals surface area (Å²) in [6.07, 6.45) is 6.82. The van der Waals surface area contributed by atoms with E-state index in [1.54, 1.807) is 24.3 Å². The van der Waals surface area contributed by atoms with Gasteiger partial charge < -0.3 is 19.7 Å². The van der Waals surface area contributed by atoms with Crippen LogP contribution >= 0.6 is 0 Å². The number of nitrogens with zero attached hydrogens (tertiary/aromatic N) is 1. The average Bonchev–Trinajstić information content (AvgIpc) is 2.74. The predicted molar refractivity (Wildman–Crippen MR) is 103 cm³/mol. The third-order valence-corrected chi connectivity index (χ3v) is 5.46. The zero-order chi connectivity index (χ0) is 19.8. The molecule has 2 fully saturated rings. The van der Waals surface area contributed by atoms with E-state index in [4.69, 9.17) is 9.47 Å². The predicted octanol–water partition coefficient (Wildman–Crippen LogP) is 1.91. The van der Waals surface area contributed by atoms with Crippen LogP contribution in [0.2, 0.25) is 0 Å². The fourth-order valence-corrected chi connectivity index (χ4v) is 4.10. The Bertz CT molecular complexity index is 677. The van der Waals surface area contributed by atoms with E-state index in [0.717, 1.165) is 25.8 Å². The van der Waals surface area contributed by atoms with Crippen LogP contribution in [0.25, 0.3) is 0 Å². The number of hydrogen-bond donors (Lipinski definition) is 1. The van der Waals surface area contributed by atoms with E-state index < -0.39 is 11.9 Å². The number of carbonyl (C=O) groups excluding carboxylic acids is 3. The zero-order valence-corrected chi connectivity index (χ0v) is 16.1. The van der Waals surface area contributed by atoms with E-state index in [0.29, 0.717) is 17.7 Å². The van der Waals surface area contributed by atoms with E-state index in [2.05, 4.69) is 5.32 Å². The minimum Gasteiger partial charge on any atom is -0.484 e. The number of ether oxygens (including phenoxy) is 2. The van der Waals surface area contributed by atoms with Crippen molar-refractivity contribution in [3.63, 3.8) is 0 Å². The summed E-state index contributed by atoms with van der Waals surface area (Å²) in [4.78, 5) is 38.0. The van der Waals surface area contributed by atoms with Crippen LogP contribution in [0.15, 0.2) is 30.3 Å². The van der Waals surface area contributed by atoms with Crippen molar-refractivity contribution in [3.8, 4) is 5.75 Å². The number of piperidine rings is 1. The highest BCUT2D eigenvalue weighted by Gasteiger charge is 2.35. The maximum absolute atomic E-state index is 12.5. The summed E-state index contributed by atoms with van der Waals surface area (Å²) in [5, 5.41) is 2.44. The van der Waals surface area contributed by atoms with Crippen molar-refractivity contribution in [1.82, 2.24) is 10.2 Å². The molecule has 7 nitrogen and oxygen atoms in total. The minimum atomic E-state index is -0.626. The number of nitrogens with one attached hydrogen (secondary N) is 1. The normalized spacial score (nSPS) is 21.4. The van der Waals surface area contributed by atoms with Crippen LogP contribution in [-0.2, 0) is 19.1 Å². The molecule has 0 spiro atoms. The molecule has 2 amide bonds. The molecule has 1 heterocycles. The molecule has 2 aliphatic rings. The van der Waals surface area contributed by atoms with Gasteiger partial charge in [-0.25, -0.2) is 0 Å². The smallest absolute Gasteiger partial charge is 0.325 e. The van der Waals surface area contributed by atoms with Gasteiger partial charge in [0.2, 0.25) is 0 Å². The highest BCUT2D eigenvalue weighted by Crippen LogP contribution is 2.35. The van der Waals surface area contributed by atoms with Gasteiger partial charge in [-0.15, -0.1) is 0 Å². The lowest BCUT2D eigenvalue weighted by molar-refractivity contribution is -0.154. The lowest BCUT2D eigenvalue weighted by Gasteiger charge is -2.44. The number of rotatable bonds is 7. The van der Waals surface area contributed by atoms with Crippen molar-refractivity contribution in [2.24, 2.45) is 5.92 Å². The molecule has 1 aromatic rings. The Morgan fingerprint density at radius 2 is 1.75 bits per heavy atom. The van der Waals surface area contributed by atoms with Crippen LogP contribution in [0.5, 0.6) is 5.75 Å². The quantitative estimate of drug-likeness (QED) is 0.721. The van der Waals surface area contributed by atoms with Gasteiger partial charge in [-0.05, 0) is 43.7 Å². The van der Waals surface area contributed by atoms with Gasteiger partial charge in [-0.2, -0.15) is 0 Å². The highest BCUT2D eigenvalue weighted by molar-refractivity contribution is 5.85. The molecule has 1 aliphatic carbocycles. The Morgan fingerprint density at radius 3 is 2.57 bits per heavy atom. The Balaban J connectivity index is 1.34. The summed E-state index contributed by atoms with van der Waals surface area (Å²) in [7, 11) is 0. The summed E-state index contributed by atoms with van der Waals surface area (Å²) >= 11 is 0. The van der Waals surface area contributed by atoms with Crippen molar-refractivity contribution in [2.75, 3.05) is 26.3 Å². The van der Waals surface area contributed by atoms with Gasteiger partial charge in [-0.3, -0.25) is 14.4 Å². The van der Waals surface area contributed by atoms with E-state index in [9.17, 15) is 14.4 Å². The number of hydrogen-bond acceptors (Lipinski definition) is 5. The number of para-hydroxylation sites is 1. The summed E-state index contributed by atoms with van der Waals surface area (Å²) in [6.45, 7) is 0.00688. The summed E-state index contributed by atoms with van der Waals surface area (Å²) in [5.74, 6) is -0.0186. The van der Waals surface area contributed by atoms with E-state index in [-0.39, 0.29) is 25.7 Å². The lowest BCUT2D eigenvalue weighted by Crippen LogP contribution is -2.51. The van der Waals surface area contributed by atoms with Crippen LogP contribution in [0.3, 0.4) is 0 Å². The second-order valence-corrected chi connectivity index (χ2v) is 7.38. The number of carbonyl (C=O) groups is 3. The van der Waals surface area contributed by atoms with Gasteiger partial charge in [0.1, 0.15) is 12.3 Å². The Morgan fingerprint density at radius 1 is 1.00 bits per heavy atom. The van der Waals surface area contributed by atoms with Crippen molar-refractivity contribution in [2.45, 2.75) is 44.6 Å². The summed E-state index contributed by atoms with van der Waals surface area (Å²) in [6, 6.07) is 9.24. The molecule has 0 aromatic heterocycles. The second-order valence-electron chi connectivity index (χ2n) is 7.38. The zero-order valence-electron chi connectivity index (χ0n) is 16.1. The first kappa shape index (κ1) is 20.2. The van der Waals surface area contributed by atoms with Crippen molar-refractivity contribution >= 4 is 17.8 Å². The monoisotopic (exact) mass is 388 g/mol. The van der Waals surface area contributed by atoms with Crippen LogP contribution in [-0.4, -0.2) is 55.0 Å². The third kappa shape index (κ3) is 5.71. The number of fused-ring (bicyclic) bond motifs is 1. The fraction of sp³-hybridized carbons (Fsp3) is 0.571. The third-order valence-electron chi connectivity index (χ3n) is 5.46. The summed E-state index contributed by atoms with van der Waals surface area (Å²) < 4.78 is 10.4. The Kier molecular flexibility index (Phi) is 7.28. The molecule has 1 aliphatic heterocycles. The van der Waals surface area contributed by atoms with Crippen LogP contribution in [0.4, 0.5) is 0 Å². The molecule has 1 aromatic carbocycles. The molecule has 152 valence electrons. The van der Waals surface area contributed by atoms with Gasteiger partial charge in [0.05, 0.1) is 0 Å². The second kappa shape index (κ2) is 10.1. The van der Waals surface area contributed by atoms with Crippen molar-refractivity contribution in [3.05, 3.63) is 30.3 Å². The molecule has 2 atom stereocenters. The first-order chi connectivity index (χ1) is 13.6. The van der Waals surface area contributed by atoms with E-state index in [1.807, 2.05) is 11.0 Å². The van der Waals surface area contributed by atoms with E-state index >= 15 is 0 Å². The first-order valence-electron chi connectivity index (χ1n) is 10.0.